The van der Waals surface area contributed by atoms with Gasteiger partial charge < -0.3 is 10.1 Å². The first kappa shape index (κ1) is 12.0. The van der Waals surface area contributed by atoms with E-state index in [1.165, 1.54) is 12.1 Å². The van der Waals surface area contributed by atoms with Crippen molar-refractivity contribution in [3.8, 4) is 0 Å². The molecule has 2 rings (SSSR count). The molecule has 0 saturated carbocycles. The Morgan fingerprint density at radius 2 is 2.06 bits per heavy atom. The van der Waals surface area contributed by atoms with Crippen LogP contribution < -0.4 is 5.32 Å². The highest BCUT2D eigenvalue weighted by Gasteiger charge is 2.32. The number of non-ortho nitro benzene ring substituents is 1. The maximum atomic E-state index is 10.5. The molecule has 0 unspecified atom stereocenters. The molecule has 0 bridgehead atoms. The Morgan fingerprint density at radius 1 is 1.41 bits per heavy atom. The van der Waals surface area contributed by atoms with Crippen LogP contribution in [0.15, 0.2) is 24.3 Å². The van der Waals surface area contributed by atoms with Crippen LogP contribution in [0.5, 0.6) is 0 Å². The summed E-state index contributed by atoms with van der Waals surface area (Å²) >= 11 is 0. The molecule has 0 radical (unpaired) electrons. The van der Waals surface area contributed by atoms with Gasteiger partial charge in [0.25, 0.3) is 5.69 Å². The average Bonchev–Trinajstić information content (AvgIpc) is 2.27. The van der Waals surface area contributed by atoms with E-state index in [0.717, 1.165) is 31.9 Å². The van der Waals surface area contributed by atoms with E-state index >= 15 is 0 Å². The summed E-state index contributed by atoms with van der Waals surface area (Å²) < 4.78 is 5.17. The van der Waals surface area contributed by atoms with Crippen molar-refractivity contribution >= 4 is 5.69 Å². The third-order valence-electron chi connectivity index (χ3n) is 2.93. The van der Waals surface area contributed by atoms with Gasteiger partial charge in [0.2, 0.25) is 0 Å². The lowest BCUT2D eigenvalue weighted by Gasteiger charge is -2.38. The van der Waals surface area contributed by atoms with Crippen LogP contribution in [0.4, 0.5) is 5.69 Å². The third-order valence-corrected chi connectivity index (χ3v) is 2.93. The molecule has 1 aliphatic rings. The van der Waals surface area contributed by atoms with Gasteiger partial charge in [-0.3, -0.25) is 10.1 Å². The molecule has 1 aromatic rings. The van der Waals surface area contributed by atoms with E-state index in [1.54, 1.807) is 12.1 Å². The number of rotatable bonds is 5. The van der Waals surface area contributed by atoms with E-state index in [9.17, 15) is 10.1 Å². The van der Waals surface area contributed by atoms with Gasteiger partial charge in [-0.2, -0.15) is 0 Å². The van der Waals surface area contributed by atoms with Crippen LogP contribution in [0, 0.1) is 15.5 Å². The number of ether oxygens (including phenoxy) is 1. The molecule has 0 atom stereocenters. The van der Waals surface area contributed by atoms with Crippen LogP contribution in [0.2, 0.25) is 0 Å². The minimum atomic E-state index is -0.385. The summed E-state index contributed by atoms with van der Waals surface area (Å²) in [5.41, 5.74) is 1.44. The summed E-state index contributed by atoms with van der Waals surface area (Å²) in [6.45, 7) is 5.43. The third kappa shape index (κ3) is 3.01. The Hall–Kier alpha value is -1.46. The van der Waals surface area contributed by atoms with Crippen molar-refractivity contribution in [3.63, 3.8) is 0 Å². The number of benzene rings is 1. The summed E-state index contributed by atoms with van der Waals surface area (Å²) in [6, 6.07) is 6.63. The lowest BCUT2D eigenvalue weighted by atomic mass is 9.89. The second-order valence-corrected chi connectivity index (χ2v) is 4.83. The number of nitrogens with zero attached hydrogens (tertiary/aromatic N) is 1. The molecule has 92 valence electrons. The predicted molar refractivity (Wildman–Crippen MR) is 63.7 cm³/mol. The van der Waals surface area contributed by atoms with E-state index in [4.69, 9.17) is 4.74 Å². The van der Waals surface area contributed by atoms with Gasteiger partial charge in [-0.1, -0.05) is 19.1 Å². The summed E-state index contributed by atoms with van der Waals surface area (Å²) in [5, 5.41) is 13.8. The van der Waals surface area contributed by atoms with Crippen molar-refractivity contribution < 1.29 is 9.66 Å². The van der Waals surface area contributed by atoms with E-state index in [2.05, 4.69) is 12.2 Å². The topological polar surface area (TPSA) is 64.4 Å². The SMILES string of the molecule is CC1(CNCc2ccc([N+](=O)[O-])cc2)COC1. The van der Waals surface area contributed by atoms with E-state index < -0.39 is 0 Å². The Labute approximate surface area is 99.9 Å². The fourth-order valence-electron chi connectivity index (χ4n) is 1.80. The number of nitro groups is 1. The molecule has 5 heteroatoms. The first-order chi connectivity index (χ1) is 8.09. The second-order valence-electron chi connectivity index (χ2n) is 4.83. The lowest BCUT2D eigenvalue weighted by Crippen LogP contribution is -2.47. The van der Waals surface area contributed by atoms with Gasteiger partial charge >= 0.3 is 0 Å². The molecule has 1 heterocycles. The highest BCUT2D eigenvalue weighted by atomic mass is 16.6. The maximum absolute atomic E-state index is 10.5. The van der Waals surface area contributed by atoms with Crippen molar-refractivity contribution in [2.75, 3.05) is 19.8 Å². The molecule has 1 N–H and O–H groups in total. The Kier molecular flexibility index (Phi) is 3.40. The molecular weight excluding hydrogens is 220 g/mol. The molecule has 1 fully saturated rings. The lowest BCUT2D eigenvalue weighted by molar-refractivity contribution is -0.384. The number of nitrogens with one attached hydrogen (secondary N) is 1. The van der Waals surface area contributed by atoms with E-state index in [1.807, 2.05) is 0 Å². The second kappa shape index (κ2) is 4.81. The maximum Gasteiger partial charge on any atom is 0.269 e. The molecule has 0 spiro atoms. The fraction of sp³-hybridized carbons (Fsp3) is 0.500. The normalized spacial score (nSPS) is 17.5. The van der Waals surface area contributed by atoms with Crippen molar-refractivity contribution in [3.05, 3.63) is 39.9 Å². The Bertz CT molecular complexity index is 399. The minimum absolute atomic E-state index is 0.133. The van der Waals surface area contributed by atoms with E-state index in [-0.39, 0.29) is 16.0 Å². The molecule has 1 aliphatic heterocycles. The molecule has 1 saturated heterocycles. The summed E-state index contributed by atoms with van der Waals surface area (Å²) in [6.07, 6.45) is 0. The standard InChI is InChI=1S/C12H16N2O3/c1-12(8-17-9-12)7-13-6-10-2-4-11(5-3-10)14(15)16/h2-5,13H,6-9H2,1H3. The van der Waals surface area contributed by atoms with E-state index in [0.29, 0.717) is 0 Å². The van der Waals surface area contributed by atoms with Gasteiger partial charge in [0.15, 0.2) is 0 Å². The minimum Gasteiger partial charge on any atom is -0.380 e. The van der Waals surface area contributed by atoms with Crippen LogP contribution in [0.3, 0.4) is 0 Å². The summed E-state index contributed by atoms with van der Waals surface area (Å²) in [5.74, 6) is 0. The van der Waals surface area contributed by atoms with Crippen molar-refractivity contribution in [2.45, 2.75) is 13.5 Å². The van der Waals surface area contributed by atoms with Crippen LogP contribution >= 0.6 is 0 Å². The monoisotopic (exact) mass is 236 g/mol. The molecule has 1 aromatic carbocycles. The van der Waals surface area contributed by atoms with Gasteiger partial charge in [-0.05, 0) is 5.56 Å². The molecule has 0 aliphatic carbocycles. The Morgan fingerprint density at radius 3 is 2.53 bits per heavy atom. The number of hydrogen-bond donors (Lipinski definition) is 1. The van der Waals surface area contributed by atoms with Crippen LogP contribution in [-0.4, -0.2) is 24.7 Å². The van der Waals surface area contributed by atoms with Gasteiger partial charge in [0.1, 0.15) is 0 Å². The van der Waals surface area contributed by atoms with Crippen molar-refractivity contribution in [1.29, 1.82) is 0 Å². The molecule has 5 nitrogen and oxygen atoms in total. The first-order valence-corrected chi connectivity index (χ1v) is 5.61. The van der Waals surface area contributed by atoms with Crippen LogP contribution in [-0.2, 0) is 11.3 Å². The van der Waals surface area contributed by atoms with Crippen LogP contribution in [0.1, 0.15) is 12.5 Å². The first-order valence-electron chi connectivity index (χ1n) is 5.61. The van der Waals surface area contributed by atoms with Gasteiger partial charge in [0, 0.05) is 30.6 Å². The molecular formula is C12H16N2O3. The molecule has 17 heavy (non-hydrogen) atoms. The number of hydrogen-bond acceptors (Lipinski definition) is 4. The zero-order valence-corrected chi connectivity index (χ0v) is 9.81. The molecule has 0 amide bonds. The summed E-state index contributed by atoms with van der Waals surface area (Å²) in [7, 11) is 0. The van der Waals surface area contributed by atoms with Gasteiger partial charge in [-0.25, -0.2) is 0 Å². The molecule has 0 aromatic heterocycles. The van der Waals surface area contributed by atoms with Gasteiger partial charge in [-0.15, -0.1) is 0 Å². The van der Waals surface area contributed by atoms with Crippen molar-refractivity contribution in [2.24, 2.45) is 5.41 Å². The fourth-order valence-corrected chi connectivity index (χ4v) is 1.80. The zero-order valence-electron chi connectivity index (χ0n) is 9.81. The highest BCUT2D eigenvalue weighted by molar-refractivity contribution is 5.32. The zero-order chi connectivity index (χ0) is 12.3. The smallest absolute Gasteiger partial charge is 0.269 e. The quantitative estimate of drug-likeness (QED) is 0.624. The average molecular weight is 236 g/mol. The van der Waals surface area contributed by atoms with Gasteiger partial charge in [0.05, 0.1) is 18.1 Å². The highest BCUT2D eigenvalue weighted by Crippen LogP contribution is 2.25. The largest absolute Gasteiger partial charge is 0.380 e. The summed E-state index contributed by atoms with van der Waals surface area (Å²) in [4.78, 5) is 10.1. The Balaban J connectivity index is 1.80. The predicted octanol–water partition coefficient (Wildman–Crippen LogP) is 1.72. The van der Waals surface area contributed by atoms with Crippen LogP contribution in [0.25, 0.3) is 0 Å². The number of nitro benzene ring substituents is 1. The van der Waals surface area contributed by atoms with Crippen molar-refractivity contribution in [1.82, 2.24) is 5.32 Å².